The van der Waals surface area contributed by atoms with Gasteiger partial charge in [-0.15, -0.1) is 0 Å². The molecule has 1 fully saturated rings. The number of nitrogens with one attached hydrogen (secondary N) is 2. The number of benzene rings is 1. The van der Waals surface area contributed by atoms with Crippen molar-refractivity contribution in [2.75, 3.05) is 0 Å². The number of aromatic hydroxyl groups is 1. The smallest absolute Gasteiger partial charge is 0.296 e. The first-order valence-corrected chi connectivity index (χ1v) is 11.9. The second-order valence-corrected chi connectivity index (χ2v) is 9.63. The van der Waals surface area contributed by atoms with E-state index in [1.165, 1.54) is 28.8 Å². The fraction of sp³-hybridized carbons (Fsp3) is 0.400. The third kappa shape index (κ3) is 4.04. The standard InChI is InChI=1S/C25H27FN6O4/c1-14-19(31(2)13-28-14)22(35)30-25-9-7-16(8-10-25)12-32-23(36)20(33)18(29-24(25)32)21(34)27-11-15-3-5-17(26)6-4-15/h3-6,13,16,33H,7-12H2,1-2H3,(H,27,34)(H,30,35). The van der Waals surface area contributed by atoms with Crippen molar-refractivity contribution in [3.8, 4) is 5.75 Å². The largest absolute Gasteiger partial charge is 0.501 e. The summed E-state index contributed by atoms with van der Waals surface area (Å²) in [5.41, 5.74) is -0.462. The Bertz CT molecular complexity index is 1380. The number of nitrogens with zero attached hydrogens (tertiary/aromatic N) is 4. The number of halogens is 1. The monoisotopic (exact) mass is 494 g/mol. The third-order valence-corrected chi connectivity index (χ3v) is 7.24. The molecule has 0 unspecified atom stereocenters. The molecule has 4 heterocycles. The van der Waals surface area contributed by atoms with Gasteiger partial charge in [-0.3, -0.25) is 19.0 Å². The fourth-order valence-corrected chi connectivity index (χ4v) is 5.27. The van der Waals surface area contributed by atoms with Gasteiger partial charge in [0, 0.05) is 20.1 Å². The molecule has 3 aromatic rings. The molecule has 36 heavy (non-hydrogen) atoms. The number of aryl methyl sites for hydroxylation is 2. The molecular formula is C25H27FN6O4. The van der Waals surface area contributed by atoms with Gasteiger partial charge in [0.25, 0.3) is 17.4 Å². The van der Waals surface area contributed by atoms with Crippen LogP contribution < -0.4 is 16.2 Å². The molecule has 3 aliphatic rings. The second-order valence-electron chi connectivity index (χ2n) is 9.63. The van der Waals surface area contributed by atoms with Crippen molar-refractivity contribution in [3.63, 3.8) is 0 Å². The first-order chi connectivity index (χ1) is 17.2. The summed E-state index contributed by atoms with van der Waals surface area (Å²) in [6.07, 6.45) is 4.19. The van der Waals surface area contributed by atoms with E-state index in [1.54, 1.807) is 24.9 Å². The summed E-state index contributed by atoms with van der Waals surface area (Å²) >= 11 is 0. The number of hydrogen-bond acceptors (Lipinski definition) is 6. The molecule has 3 N–H and O–H groups in total. The summed E-state index contributed by atoms with van der Waals surface area (Å²) in [5.74, 6) is -1.74. The van der Waals surface area contributed by atoms with Crippen LogP contribution in [0.5, 0.6) is 5.75 Å². The van der Waals surface area contributed by atoms with Crippen LogP contribution in [-0.2, 0) is 25.7 Å². The summed E-state index contributed by atoms with van der Waals surface area (Å²) in [6.45, 7) is 2.16. The van der Waals surface area contributed by atoms with Gasteiger partial charge < -0.3 is 20.3 Å². The van der Waals surface area contributed by atoms with E-state index in [0.717, 1.165) is 12.8 Å². The summed E-state index contributed by atoms with van der Waals surface area (Å²) in [5, 5.41) is 16.4. The van der Waals surface area contributed by atoms with Crippen LogP contribution in [0.1, 0.15) is 63.7 Å². The van der Waals surface area contributed by atoms with Crippen molar-refractivity contribution in [2.24, 2.45) is 13.0 Å². The Labute approximate surface area is 206 Å². The average molecular weight is 495 g/mol. The minimum atomic E-state index is -0.973. The van der Waals surface area contributed by atoms with E-state index in [1.807, 2.05) is 0 Å². The van der Waals surface area contributed by atoms with Gasteiger partial charge in [0.1, 0.15) is 17.3 Å². The van der Waals surface area contributed by atoms with E-state index in [-0.39, 0.29) is 24.2 Å². The number of amides is 2. The van der Waals surface area contributed by atoms with Crippen LogP contribution in [0.4, 0.5) is 4.39 Å². The Hall–Kier alpha value is -4.02. The molecule has 10 nitrogen and oxygen atoms in total. The zero-order chi connectivity index (χ0) is 25.6. The molecule has 6 rings (SSSR count). The number of fused-ring (bicyclic) bond motifs is 2. The van der Waals surface area contributed by atoms with E-state index < -0.39 is 34.3 Å². The minimum absolute atomic E-state index is 0.0579. The first-order valence-electron chi connectivity index (χ1n) is 11.9. The average Bonchev–Trinajstić information content (AvgIpc) is 3.03. The SMILES string of the molecule is Cc1ncn(C)c1C(=O)NC12CCC(CC1)Cn1c2nc(C(=O)NCc2ccc(F)cc2)c(O)c1=O. The maximum atomic E-state index is 13.3. The predicted octanol–water partition coefficient (Wildman–Crippen LogP) is 1.89. The van der Waals surface area contributed by atoms with Gasteiger partial charge in [-0.2, -0.15) is 0 Å². The number of carbonyl (C=O) groups excluding carboxylic acids is 2. The number of rotatable bonds is 5. The van der Waals surface area contributed by atoms with E-state index >= 15 is 0 Å². The fourth-order valence-electron chi connectivity index (χ4n) is 5.27. The van der Waals surface area contributed by atoms with Crippen molar-refractivity contribution in [1.82, 2.24) is 29.7 Å². The lowest BCUT2D eigenvalue weighted by Gasteiger charge is -2.37. The molecule has 1 saturated carbocycles. The van der Waals surface area contributed by atoms with Crippen LogP contribution in [0.15, 0.2) is 35.4 Å². The number of imidazole rings is 1. The van der Waals surface area contributed by atoms with Crippen LogP contribution >= 0.6 is 0 Å². The summed E-state index contributed by atoms with van der Waals surface area (Å²) in [7, 11) is 1.73. The molecule has 2 amide bonds. The van der Waals surface area contributed by atoms with Gasteiger partial charge in [0.2, 0.25) is 5.75 Å². The highest BCUT2D eigenvalue weighted by Gasteiger charge is 2.46. The highest BCUT2D eigenvalue weighted by molar-refractivity contribution is 5.95. The molecule has 1 aliphatic carbocycles. The number of carbonyl (C=O) groups is 2. The van der Waals surface area contributed by atoms with Crippen molar-refractivity contribution < 1.29 is 19.1 Å². The van der Waals surface area contributed by atoms with Crippen molar-refractivity contribution >= 4 is 11.8 Å². The van der Waals surface area contributed by atoms with E-state index in [0.29, 0.717) is 36.3 Å². The molecule has 2 aromatic heterocycles. The number of hydrogen-bond donors (Lipinski definition) is 3. The Balaban J connectivity index is 1.51. The lowest BCUT2D eigenvalue weighted by atomic mass is 9.77. The van der Waals surface area contributed by atoms with Crippen molar-refractivity contribution in [1.29, 1.82) is 0 Å². The lowest BCUT2D eigenvalue weighted by molar-refractivity contribution is 0.0841. The molecule has 0 spiro atoms. The third-order valence-electron chi connectivity index (χ3n) is 7.24. The molecule has 1 aromatic carbocycles. The van der Waals surface area contributed by atoms with E-state index in [4.69, 9.17) is 0 Å². The zero-order valence-corrected chi connectivity index (χ0v) is 20.0. The van der Waals surface area contributed by atoms with Gasteiger partial charge in [0.15, 0.2) is 5.69 Å². The number of aromatic nitrogens is 4. The highest BCUT2D eigenvalue weighted by Crippen LogP contribution is 2.43. The van der Waals surface area contributed by atoms with Gasteiger partial charge >= 0.3 is 0 Å². The summed E-state index contributed by atoms with van der Waals surface area (Å²) in [4.78, 5) is 48.2. The molecule has 188 valence electrons. The minimum Gasteiger partial charge on any atom is -0.501 e. The van der Waals surface area contributed by atoms with Crippen LogP contribution in [0.2, 0.25) is 0 Å². The summed E-state index contributed by atoms with van der Waals surface area (Å²) in [6, 6.07) is 5.61. The Morgan fingerprint density at radius 1 is 1.19 bits per heavy atom. The van der Waals surface area contributed by atoms with Gasteiger partial charge in [0.05, 0.1) is 17.6 Å². The molecule has 0 radical (unpaired) electrons. The second kappa shape index (κ2) is 8.89. The molecule has 0 saturated heterocycles. The molecular weight excluding hydrogens is 467 g/mol. The van der Waals surface area contributed by atoms with Gasteiger partial charge in [-0.1, -0.05) is 12.1 Å². The Morgan fingerprint density at radius 3 is 2.53 bits per heavy atom. The van der Waals surface area contributed by atoms with Crippen LogP contribution in [0.25, 0.3) is 0 Å². The topological polar surface area (TPSA) is 131 Å². The Morgan fingerprint density at radius 2 is 1.89 bits per heavy atom. The lowest BCUT2D eigenvalue weighted by Crippen LogP contribution is -2.50. The van der Waals surface area contributed by atoms with E-state index in [2.05, 4.69) is 20.6 Å². The molecule has 2 aliphatic heterocycles. The van der Waals surface area contributed by atoms with Crippen LogP contribution in [0, 0.1) is 18.7 Å². The van der Waals surface area contributed by atoms with E-state index in [9.17, 15) is 23.9 Å². The molecule has 11 heteroatoms. The quantitative estimate of drug-likeness (QED) is 0.497. The predicted molar refractivity (Wildman–Crippen MR) is 127 cm³/mol. The zero-order valence-electron chi connectivity index (χ0n) is 20.0. The van der Waals surface area contributed by atoms with Gasteiger partial charge in [-0.25, -0.2) is 14.4 Å². The maximum absolute atomic E-state index is 13.3. The molecule has 0 atom stereocenters. The Kier molecular flexibility index (Phi) is 5.85. The van der Waals surface area contributed by atoms with Gasteiger partial charge in [-0.05, 0) is 56.2 Å². The molecule has 2 bridgehead atoms. The normalized spacial score (nSPS) is 20.5. The first kappa shape index (κ1) is 23.7. The maximum Gasteiger partial charge on any atom is 0.296 e. The summed E-state index contributed by atoms with van der Waals surface area (Å²) < 4.78 is 16.2. The van der Waals surface area contributed by atoms with Crippen LogP contribution in [-0.4, -0.2) is 36.0 Å². The highest BCUT2D eigenvalue weighted by atomic mass is 19.1. The van der Waals surface area contributed by atoms with Crippen molar-refractivity contribution in [3.05, 3.63) is 75.2 Å². The van der Waals surface area contributed by atoms with Crippen molar-refractivity contribution in [2.45, 2.75) is 51.2 Å². The van der Waals surface area contributed by atoms with Crippen LogP contribution in [0.3, 0.4) is 0 Å².